The Balaban J connectivity index is 1.09. The third kappa shape index (κ3) is 4.70. The molecule has 0 spiro atoms. The van der Waals surface area contributed by atoms with Gasteiger partial charge in [-0.25, -0.2) is 9.37 Å². The predicted octanol–water partition coefficient (Wildman–Crippen LogP) is 9.12. The molecule has 6 aromatic rings. The standard InChI is InChI=1S/C39H39FN6OS/c1-2-21-17-29(44-37(21)27-5-3-13-41-27)24-16-26(40)36-32-18-25-15-23(30-20-43-38(45-30)28-6-4-14-42-28)9-10-31(25)46(32)39(47-33(36)19-24)35-12-11-34(48-35)22-7-8-22/h9-12,15-20,22,27-28,39,41-42,44H,2-8,13-14H2,1H3,(H,43,45). The zero-order valence-electron chi connectivity index (χ0n) is 27.0. The summed E-state index contributed by atoms with van der Waals surface area (Å²) in [5.74, 6) is 1.96. The van der Waals surface area contributed by atoms with Gasteiger partial charge in [0.05, 0.1) is 39.6 Å². The minimum Gasteiger partial charge on any atom is -0.464 e. The maximum absolute atomic E-state index is 16.5. The Morgan fingerprint density at radius 3 is 2.50 bits per heavy atom. The molecule has 10 rings (SSSR count). The van der Waals surface area contributed by atoms with Gasteiger partial charge < -0.3 is 25.3 Å². The van der Waals surface area contributed by atoms with E-state index in [0.29, 0.717) is 23.3 Å². The van der Waals surface area contributed by atoms with Crippen LogP contribution >= 0.6 is 11.3 Å². The van der Waals surface area contributed by atoms with E-state index in [0.717, 1.165) is 82.2 Å². The SMILES string of the molecule is CCc1cc(-c2cc(F)c3c(c2)OC(c2ccc(C4CC4)s2)n2c-3cc3cc(-c4cnc(C5CCCN5)[nH]4)ccc32)[nH]c1C1CCCN1. The highest BCUT2D eigenvalue weighted by molar-refractivity contribution is 7.12. The van der Waals surface area contributed by atoms with E-state index in [4.69, 9.17) is 9.72 Å². The van der Waals surface area contributed by atoms with Crippen LogP contribution in [-0.2, 0) is 6.42 Å². The Morgan fingerprint density at radius 1 is 0.875 bits per heavy atom. The molecule has 3 atom stereocenters. The van der Waals surface area contributed by atoms with Gasteiger partial charge in [-0.05, 0) is 118 Å². The van der Waals surface area contributed by atoms with Crippen LogP contribution in [0.3, 0.4) is 0 Å². The van der Waals surface area contributed by atoms with Crippen molar-refractivity contribution in [3.05, 3.63) is 93.4 Å². The molecule has 4 aliphatic rings. The third-order valence-electron chi connectivity index (χ3n) is 10.8. The van der Waals surface area contributed by atoms with Crippen LogP contribution in [0.2, 0.25) is 0 Å². The molecule has 2 saturated heterocycles. The van der Waals surface area contributed by atoms with Crippen LogP contribution in [-0.4, -0.2) is 32.6 Å². The quantitative estimate of drug-likeness (QED) is 0.138. The number of fused-ring (bicyclic) bond motifs is 5. The number of nitrogens with zero attached hydrogens (tertiary/aromatic N) is 2. The lowest BCUT2D eigenvalue weighted by atomic mass is 10.0. The summed E-state index contributed by atoms with van der Waals surface area (Å²) in [6, 6.07) is 19.6. The minimum absolute atomic E-state index is 0.273. The second-order valence-electron chi connectivity index (χ2n) is 13.9. The molecule has 0 bridgehead atoms. The van der Waals surface area contributed by atoms with E-state index in [-0.39, 0.29) is 18.1 Å². The van der Waals surface area contributed by atoms with Crippen molar-refractivity contribution >= 4 is 22.2 Å². The summed E-state index contributed by atoms with van der Waals surface area (Å²) in [7, 11) is 0. The Bertz CT molecular complexity index is 2170. The van der Waals surface area contributed by atoms with Crippen LogP contribution in [0.15, 0.2) is 60.8 Å². The van der Waals surface area contributed by atoms with E-state index < -0.39 is 0 Å². The summed E-state index contributed by atoms with van der Waals surface area (Å²) in [6.45, 7) is 4.25. The van der Waals surface area contributed by atoms with Crippen molar-refractivity contribution in [1.82, 2.24) is 30.2 Å². The third-order valence-corrected chi connectivity index (χ3v) is 12.1. The fraction of sp³-hybridized carbons (Fsp3) is 0.359. The second-order valence-corrected chi connectivity index (χ2v) is 15.1. The maximum Gasteiger partial charge on any atom is 0.212 e. The average Bonchev–Trinajstić information content (AvgIpc) is 3.81. The molecule has 3 fully saturated rings. The zero-order valence-corrected chi connectivity index (χ0v) is 27.9. The van der Waals surface area contributed by atoms with Gasteiger partial charge in [0.25, 0.3) is 0 Å². The molecule has 9 heteroatoms. The number of ether oxygens (including phenoxy) is 1. The summed E-state index contributed by atoms with van der Waals surface area (Å²) < 4.78 is 25.6. The number of nitrogens with one attached hydrogen (secondary N) is 4. The number of hydrogen-bond donors (Lipinski definition) is 4. The van der Waals surface area contributed by atoms with E-state index in [2.05, 4.69) is 74.6 Å². The van der Waals surface area contributed by atoms with Gasteiger partial charge in [-0.2, -0.15) is 0 Å². The molecule has 7 heterocycles. The lowest BCUT2D eigenvalue weighted by Gasteiger charge is -2.30. The average molecular weight is 659 g/mol. The Labute approximate surface area is 283 Å². The molecule has 2 aromatic carbocycles. The van der Waals surface area contributed by atoms with E-state index in [1.807, 2.05) is 23.6 Å². The molecule has 244 valence electrons. The van der Waals surface area contributed by atoms with Crippen molar-refractivity contribution in [2.24, 2.45) is 0 Å². The summed E-state index contributed by atoms with van der Waals surface area (Å²) in [6.07, 6.45) is 9.53. The lowest BCUT2D eigenvalue weighted by molar-refractivity contribution is 0.176. The molecule has 4 N–H and O–H groups in total. The maximum atomic E-state index is 16.5. The van der Waals surface area contributed by atoms with Crippen LogP contribution in [0.1, 0.15) is 96.5 Å². The van der Waals surface area contributed by atoms with Gasteiger partial charge in [0, 0.05) is 38.8 Å². The summed E-state index contributed by atoms with van der Waals surface area (Å²) in [5.41, 5.74) is 8.70. The largest absolute Gasteiger partial charge is 0.464 e. The Kier molecular flexibility index (Phi) is 6.71. The van der Waals surface area contributed by atoms with Crippen LogP contribution in [0.4, 0.5) is 4.39 Å². The van der Waals surface area contributed by atoms with Gasteiger partial charge in [-0.3, -0.25) is 4.57 Å². The van der Waals surface area contributed by atoms with Crippen molar-refractivity contribution in [1.29, 1.82) is 0 Å². The predicted molar refractivity (Wildman–Crippen MR) is 189 cm³/mol. The Morgan fingerprint density at radius 2 is 1.71 bits per heavy atom. The van der Waals surface area contributed by atoms with E-state index in [1.54, 1.807) is 6.07 Å². The highest BCUT2D eigenvalue weighted by atomic mass is 32.1. The van der Waals surface area contributed by atoms with Crippen molar-refractivity contribution in [2.75, 3.05) is 13.1 Å². The number of benzene rings is 2. The molecule has 3 aliphatic heterocycles. The topological polar surface area (TPSA) is 82.7 Å². The first-order valence-electron chi connectivity index (χ1n) is 17.6. The number of imidazole rings is 1. The molecule has 0 radical (unpaired) electrons. The van der Waals surface area contributed by atoms with E-state index in [9.17, 15) is 0 Å². The van der Waals surface area contributed by atoms with Crippen LogP contribution in [0.5, 0.6) is 5.75 Å². The molecule has 1 saturated carbocycles. The van der Waals surface area contributed by atoms with Crippen molar-refractivity contribution in [2.45, 2.75) is 76.1 Å². The zero-order chi connectivity index (χ0) is 31.9. The van der Waals surface area contributed by atoms with Crippen molar-refractivity contribution in [3.8, 4) is 39.5 Å². The molecule has 4 aromatic heterocycles. The van der Waals surface area contributed by atoms with Crippen LogP contribution < -0.4 is 15.4 Å². The van der Waals surface area contributed by atoms with Gasteiger partial charge in [-0.1, -0.05) is 13.0 Å². The summed E-state index contributed by atoms with van der Waals surface area (Å²) in [4.78, 5) is 14.5. The molecular weight excluding hydrogens is 620 g/mol. The van der Waals surface area contributed by atoms with Crippen molar-refractivity contribution < 1.29 is 9.13 Å². The number of rotatable bonds is 7. The number of H-pyrrole nitrogens is 2. The molecular formula is C39H39FN6OS. The number of halogens is 1. The van der Waals surface area contributed by atoms with Gasteiger partial charge in [0.1, 0.15) is 17.4 Å². The summed E-state index contributed by atoms with van der Waals surface area (Å²) >= 11 is 1.83. The lowest BCUT2D eigenvalue weighted by Crippen LogP contribution is -2.22. The highest BCUT2D eigenvalue weighted by Gasteiger charge is 2.34. The monoisotopic (exact) mass is 658 g/mol. The first kappa shape index (κ1) is 28.8. The van der Waals surface area contributed by atoms with E-state index in [1.165, 1.54) is 41.8 Å². The van der Waals surface area contributed by atoms with Crippen molar-refractivity contribution in [3.63, 3.8) is 0 Å². The number of thiophene rings is 1. The van der Waals surface area contributed by atoms with Gasteiger partial charge in [0.15, 0.2) is 0 Å². The smallest absolute Gasteiger partial charge is 0.212 e. The normalized spacial score (nSPS) is 21.9. The Hall–Kier alpha value is -4.18. The fourth-order valence-corrected chi connectivity index (χ4v) is 9.36. The van der Waals surface area contributed by atoms with Crippen LogP contribution in [0.25, 0.3) is 44.7 Å². The molecule has 48 heavy (non-hydrogen) atoms. The first-order chi connectivity index (χ1) is 23.6. The van der Waals surface area contributed by atoms with Crippen LogP contribution in [0, 0.1) is 5.82 Å². The summed E-state index contributed by atoms with van der Waals surface area (Å²) in [5, 5.41) is 8.20. The van der Waals surface area contributed by atoms with Gasteiger partial charge in [0.2, 0.25) is 6.23 Å². The van der Waals surface area contributed by atoms with Gasteiger partial charge in [-0.15, -0.1) is 11.3 Å². The number of aromatic amines is 2. The molecule has 1 aliphatic carbocycles. The number of hydrogen-bond acceptors (Lipinski definition) is 5. The first-order valence-corrected chi connectivity index (χ1v) is 18.4. The minimum atomic E-state index is -0.386. The molecule has 7 nitrogen and oxygen atoms in total. The second kappa shape index (κ2) is 11.2. The highest BCUT2D eigenvalue weighted by Crippen LogP contribution is 2.50. The molecule has 3 unspecified atom stereocenters. The molecule has 0 amide bonds. The number of aromatic nitrogens is 4. The fourth-order valence-electron chi connectivity index (χ4n) is 8.16. The van der Waals surface area contributed by atoms with E-state index >= 15 is 4.39 Å². The number of aryl methyl sites for hydroxylation is 1. The van der Waals surface area contributed by atoms with Gasteiger partial charge >= 0.3 is 0 Å².